The van der Waals surface area contributed by atoms with Crippen LogP contribution in [0.5, 0.6) is 0 Å². The number of piperazine rings is 1. The molecule has 0 spiro atoms. The number of aromatic nitrogens is 1. The molecule has 2 heterocycles. The van der Waals surface area contributed by atoms with Crippen LogP contribution in [0.15, 0.2) is 24.5 Å². The standard InChI is InChI=1S/C15H22ClN3O/c1-15(2,12-16)14(20)19-9-7-18(8-10-19)11-13-3-5-17-6-4-13/h3-6H,7-12H2,1-2H3. The van der Waals surface area contributed by atoms with Gasteiger partial charge in [0.15, 0.2) is 0 Å². The second-order valence-corrected chi connectivity index (χ2v) is 6.21. The Bertz CT molecular complexity index is 442. The molecule has 0 atom stereocenters. The number of nitrogens with zero attached hydrogens (tertiary/aromatic N) is 3. The van der Waals surface area contributed by atoms with Crippen LogP contribution in [0, 0.1) is 5.41 Å². The molecule has 110 valence electrons. The van der Waals surface area contributed by atoms with Crippen molar-refractivity contribution in [1.29, 1.82) is 0 Å². The van der Waals surface area contributed by atoms with Crippen LogP contribution in [0.2, 0.25) is 0 Å². The third-order valence-corrected chi connectivity index (χ3v) is 4.40. The number of alkyl halides is 1. The first-order valence-electron chi connectivity index (χ1n) is 6.99. The number of hydrogen-bond donors (Lipinski definition) is 0. The average Bonchev–Trinajstić information content (AvgIpc) is 2.48. The lowest BCUT2D eigenvalue weighted by Gasteiger charge is -2.38. The molecule has 20 heavy (non-hydrogen) atoms. The van der Waals surface area contributed by atoms with Crippen LogP contribution >= 0.6 is 11.6 Å². The van der Waals surface area contributed by atoms with E-state index in [1.165, 1.54) is 5.56 Å². The summed E-state index contributed by atoms with van der Waals surface area (Å²) < 4.78 is 0. The van der Waals surface area contributed by atoms with Crippen molar-refractivity contribution in [2.24, 2.45) is 5.41 Å². The van der Waals surface area contributed by atoms with Crippen LogP contribution in [0.3, 0.4) is 0 Å². The van der Waals surface area contributed by atoms with Gasteiger partial charge in [-0.2, -0.15) is 0 Å². The zero-order valence-corrected chi connectivity index (χ0v) is 12.9. The first kappa shape index (κ1) is 15.3. The number of rotatable bonds is 4. The summed E-state index contributed by atoms with van der Waals surface area (Å²) >= 11 is 5.88. The fourth-order valence-electron chi connectivity index (χ4n) is 2.34. The maximum atomic E-state index is 12.3. The Morgan fingerprint density at radius 3 is 2.40 bits per heavy atom. The Balaban J connectivity index is 1.85. The molecule has 0 aromatic carbocycles. The summed E-state index contributed by atoms with van der Waals surface area (Å²) in [6.45, 7) is 8.12. The highest BCUT2D eigenvalue weighted by Gasteiger charge is 2.32. The molecule has 5 heteroatoms. The van der Waals surface area contributed by atoms with E-state index in [4.69, 9.17) is 11.6 Å². The predicted octanol–water partition coefficient (Wildman–Crippen LogP) is 1.99. The molecule has 2 rings (SSSR count). The van der Waals surface area contributed by atoms with Gasteiger partial charge in [0.05, 0.1) is 5.41 Å². The lowest BCUT2D eigenvalue weighted by atomic mass is 9.94. The number of carbonyl (C=O) groups excluding carboxylic acids is 1. The Hall–Kier alpha value is -1.13. The minimum Gasteiger partial charge on any atom is -0.340 e. The number of amides is 1. The van der Waals surface area contributed by atoms with E-state index < -0.39 is 5.41 Å². The lowest BCUT2D eigenvalue weighted by Crippen LogP contribution is -2.52. The van der Waals surface area contributed by atoms with Crippen molar-refractivity contribution in [3.8, 4) is 0 Å². The Morgan fingerprint density at radius 1 is 1.25 bits per heavy atom. The van der Waals surface area contributed by atoms with Crippen LogP contribution in [-0.2, 0) is 11.3 Å². The highest BCUT2D eigenvalue weighted by molar-refractivity contribution is 6.19. The van der Waals surface area contributed by atoms with Gasteiger partial charge in [-0.3, -0.25) is 14.7 Å². The molecule has 1 aromatic rings. The summed E-state index contributed by atoms with van der Waals surface area (Å²) in [5, 5.41) is 0. The Kier molecular flexibility index (Phi) is 5.00. The minimum atomic E-state index is -0.463. The SMILES string of the molecule is CC(C)(CCl)C(=O)N1CCN(Cc2ccncc2)CC1. The normalized spacial score (nSPS) is 17.2. The van der Waals surface area contributed by atoms with Crippen molar-refractivity contribution in [2.45, 2.75) is 20.4 Å². The van der Waals surface area contributed by atoms with Gasteiger partial charge in [0.1, 0.15) is 0 Å². The van der Waals surface area contributed by atoms with Crippen LogP contribution in [0.1, 0.15) is 19.4 Å². The average molecular weight is 296 g/mol. The van der Waals surface area contributed by atoms with Gasteiger partial charge >= 0.3 is 0 Å². The van der Waals surface area contributed by atoms with Crippen molar-refractivity contribution >= 4 is 17.5 Å². The van der Waals surface area contributed by atoms with Crippen molar-refractivity contribution < 1.29 is 4.79 Å². The van der Waals surface area contributed by atoms with E-state index in [1.54, 1.807) is 0 Å². The maximum Gasteiger partial charge on any atom is 0.229 e. The van der Waals surface area contributed by atoms with Gasteiger partial charge in [0, 0.05) is 51.0 Å². The first-order chi connectivity index (χ1) is 9.53. The van der Waals surface area contributed by atoms with Crippen LogP contribution < -0.4 is 0 Å². The summed E-state index contributed by atoms with van der Waals surface area (Å²) in [4.78, 5) is 20.7. The summed E-state index contributed by atoms with van der Waals surface area (Å²) in [6.07, 6.45) is 3.64. The van der Waals surface area contributed by atoms with Gasteiger partial charge in [-0.25, -0.2) is 0 Å². The third-order valence-electron chi connectivity index (χ3n) is 3.73. The van der Waals surface area contributed by atoms with Crippen LogP contribution in [-0.4, -0.2) is 52.8 Å². The lowest BCUT2D eigenvalue weighted by molar-refractivity contribution is -0.141. The van der Waals surface area contributed by atoms with Gasteiger partial charge in [-0.1, -0.05) is 0 Å². The summed E-state index contributed by atoms with van der Waals surface area (Å²) in [5.74, 6) is 0.527. The summed E-state index contributed by atoms with van der Waals surface area (Å²) in [7, 11) is 0. The molecule has 1 fully saturated rings. The molecule has 1 aromatic heterocycles. The molecule has 1 amide bonds. The summed E-state index contributed by atoms with van der Waals surface area (Å²) in [5.41, 5.74) is 0.801. The van der Waals surface area contributed by atoms with E-state index in [0.29, 0.717) is 5.88 Å². The van der Waals surface area contributed by atoms with Crippen molar-refractivity contribution in [3.05, 3.63) is 30.1 Å². The molecule has 1 saturated heterocycles. The molecule has 0 aliphatic carbocycles. The fourth-order valence-corrected chi connectivity index (χ4v) is 2.45. The highest BCUT2D eigenvalue weighted by atomic mass is 35.5. The van der Waals surface area contributed by atoms with E-state index in [9.17, 15) is 4.79 Å². The predicted molar refractivity (Wildman–Crippen MR) is 80.6 cm³/mol. The van der Waals surface area contributed by atoms with Crippen molar-refractivity contribution in [1.82, 2.24) is 14.8 Å². The zero-order chi connectivity index (χ0) is 14.6. The molecule has 1 aliphatic rings. The van der Waals surface area contributed by atoms with Crippen molar-refractivity contribution in [3.63, 3.8) is 0 Å². The van der Waals surface area contributed by atoms with Gasteiger partial charge < -0.3 is 4.90 Å². The van der Waals surface area contributed by atoms with Gasteiger partial charge in [-0.15, -0.1) is 11.6 Å². The molecule has 0 radical (unpaired) electrons. The second-order valence-electron chi connectivity index (χ2n) is 5.94. The topological polar surface area (TPSA) is 36.4 Å². The molecular weight excluding hydrogens is 274 g/mol. The number of pyridine rings is 1. The molecule has 1 aliphatic heterocycles. The van der Waals surface area contributed by atoms with Crippen molar-refractivity contribution in [2.75, 3.05) is 32.1 Å². The third kappa shape index (κ3) is 3.70. The molecule has 0 unspecified atom stereocenters. The maximum absolute atomic E-state index is 12.3. The monoisotopic (exact) mass is 295 g/mol. The van der Waals surface area contributed by atoms with E-state index in [1.807, 2.05) is 43.3 Å². The Morgan fingerprint density at radius 2 is 1.85 bits per heavy atom. The first-order valence-corrected chi connectivity index (χ1v) is 7.53. The smallest absolute Gasteiger partial charge is 0.229 e. The van der Waals surface area contributed by atoms with Gasteiger partial charge in [-0.05, 0) is 31.5 Å². The number of carbonyl (C=O) groups is 1. The largest absolute Gasteiger partial charge is 0.340 e. The summed E-state index contributed by atoms with van der Waals surface area (Å²) in [6, 6.07) is 4.07. The van der Waals surface area contributed by atoms with E-state index >= 15 is 0 Å². The van der Waals surface area contributed by atoms with Crippen LogP contribution in [0.4, 0.5) is 0 Å². The van der Waals surface area contributed by atoms with Crippen LogP contribution in [0.25, 0.3) is 0 Å². The number of hydrogen-bond acceptors (Lipinski definition) is 3. The Labute approximate surface area is 125 Å². The molecule has 0 N–H and O–H groups in total. The second kappa shape index (κ2) is 6.55. The quantitative estimate of drug-likeness (QED) is 0.797. The number of halogens is 1. The molecule has 0 bridgehead atoms. The van der Waals surface area contributed by atoms with Gasteiger partial charge in [0.2, 0.25) is 5.91 Å². The molecule has 0 saturated carbocycles. The molecule has 4 nitrogen and oxygen atoms in total. The fraction of sp³-hybridized carbons (Fsp3) is 0.600. The van der Waals surface area contributed by atoms with Gasteiger partial charge in [0.25, 0.3) is 0 Å². The minimum absolute atomic E-state index is 0.163. The van der Waals surface area contributed by atoms with E-state index in [0.717, 1.165) is 32.7 Å². The highest BCUT2D eigenvalue weighted by Crippen LogP contribution is 2.21. The van der Waals surface area contributed by atoms with E-state index in [2.05, 4.69) is 9.88 Å². The molecular formula is C15H22ClN3O. The zero-order valence-electron chi connectivity index (χ0n) is 12.2. The van der Waals surface area contributed by atoms with E-state index in [-0.39, 0.29) is 5.91 Å².